The normalized spacial score (nSPS) is 28.7. The Morgan fingerprint density at radius 3 is 2.95 bits per heavy atom. The van der Waals surface area contributed by atoms with Crippen molar-refractivity contribution >= 4 is 17.3 Å². The molecule has 2 heterocycles. The van der Waals surface area contributed by atoms with Crippen molar-refractivity contribution in [2.45, 2.75) is 31.8 Å². The third-order valence-electron chi connectivity index (χ3n) is 4.77. The van der Waals surface area contributed by atoms with E-state index in [0.29, 0.717) is 17.5 Å². The summed E-state index contributed by atoms with van der Waals surface area (Å²) in [7, 11) is 0. The Balaban J connectivity index is 1.85. The van der Waals surface area contributed by atoms with E-state index in [1.54, 1.807) is 6.20 Å². The molecule has 1 aromatic heterocycles. The van der Waals surface area contributed by atoms with Crippen LogP contribution in [0.4, 0.5) is 5.69 Å². The van der Waals surface area contributed by atoms with Gasteiger partial charge in [-0.05, 0) is 24.7 Å². The molecule has 1 aromatic rings. The highest BCUT2D eigenvalue weighted by molar-refractivity contribution is 6.33. The number of fused-ring (bicyclic) bond motifs is 1. The zero-order valence-electron chi connectivity index (χ0n) is 11.9. The van der Waals surface area contributed by atoms with Gasteiger partial charge in [-0.25, -0.2) is 4.68 Å². The van der Waals surface area contributed by atoms with Crippen LogP contribution in [0.2, 0.25) is 5.02 Å². The number of hydrogen-bond donors (Lipinski definition) is 2. The van der Waals surface area contributed by atoms with Crippen LogP contribution < -0.4 is 16.2 Å². The van der Waals surface area contributed by atoms with Crippen LogP contribution >= 0.6 is 11.6 Å². The van der Waals surface area contributed by atoms with E-state index in [9.17, 15) is 4.79 Å². The van der Waals surface area contributed by atoms with Crippen LogP contribution in [0.25, 0.3) is 0 Å². The number of aliphatic hydroxyl groups is 1. The fourth-order valence-corrected chi connectivity index (χ4v) is 3.91. The van der Waals surface area contributed by atoms with Gasteiger partial charge in [-0.15, -0.1) is 0 Å². The standard InChI is InChI=1S/C14H21ClN4O2/c15-13-12(6-17-19(4-5-20)14(13)21)18-7-9-2-1-3-11(16)10(9)8-18/h6,9-11,20H,1-5,7-8,16H2. The number of halogens is 1. The maximum absolute atomic E-state index is 12.1. The van der Waals surface area contributed by atoms with Crippen LogP contribution in [0.15, 0.2) is 11.0 Å². The van der Waals surface area contributed by atoms with Crippen molar-refractivity contribution in [2.24, 2.45) is 17.6 Å². The zero-order valence-corrected chi connectivity index (χ0v) is 12.7. The third kappa shape index (κ3) is 2.67. The first-order valence-corrected chi connectivity index (χ1v) is 7.86. The lowest BCUT2D eigenvalue weighted by Gasteiger charge is -2.29. The average molecular weight is 313 g/mol. The summed E-state index contributed by atoms with van der Waals surface area (Å²) >= 11 is 6.22. The van der Waals surface area contributed by atoms with Crippen LogP contribution in [0, 0.1) is 11.8 Å². The molecule has 0 spiro atoms. The molecule has 1 saturated heterocycles. The van der Waals surface area contributed by atoms with Gasteiger partial charge >= 0.3 is 0 Å². The number of rotatable bonds is 3. The maximum Gasteiger partial charge on any atom is 0.287 e. The Morgan fingerprint density at radius 1 is 1.43 bits per heavy atom. The summed E-state index contributed by atoms with van der Waals surface area (Å²) in [6.45, 7) is 1.76. The predicted molar refractivity (Wildman–Crippen MR) is 81.6 cm³/mol. The van der Waals surface area contributed by atoms with E-state index in [4.69, 9.17) is 22.4 Å². The first-order chi connectivity index (χ1) is 10.1. The van der Waals surface area contributed by atoms with Gasteiger partial charge < -0.3 is 15.7 Å². The molecule has 7 heteroatoms. The third-order valence-corrected chi connectivity index (χ3v) is 5.13. The van der Waals surface area contributed by atoms with Gasteiger partial charge in [-0.2, -0.15) is 5.10 Å². The number of nitrogens with two attached hydrogens (primary N) is 1. The number of nitrogens with zero attached hydrogens (tertiary/aromatic N) is 3. The molecule has 2 fully saturated rings. The topological polar surface area (TPSA) is 84.4 Å². The monoisotopic (exact) mass is 312 g/mol. The van der Waals surface area contributed by atoms with Crippen molar-refractivity contribution in [3.05, 3.63) is 21.6 Å². The number of hydrogen-bond acceptors (Lipinski definition) is 5. The second kappa shape index (κ2) is 5.94. The van der Waals surface area contributed by atoms with Crippen molar-refractivity contribution in [2.75, 3.05) is 24.6 Å². The van der Waals surface area contributed by atoms with E-state index in [2.05, 4.69) is 10.00 Å². The molecule has 116 valence electrons. The summed E-state index contributed by atoms with van der Waals surface area (Å²) in [6, 6.07) is 0.246. The van der Waals surface area contributed by atoms with Gasteiger partial charge in [0, 0.05) is 19.1 Å². The highest BCUT2D eigenvalue weighted by atomic mass is 35.5. The molecule has 6 nitrogen and oxygen atoms in total. The van der Waals surface area contributed by atoms with E-state index in [0.717, 1.165) is 19.5 Å². The molecular weight excluding hydrogens is 292 g/mol. The van der Waals surface area contributed by atoms with Crippen molar-refractivity contribution in [1.29, 1.82) is 0 Å². The maximum atomic E-state index is 12.1. The molecule has 1 aliphatic carbocycles. The van der Waals surface area contributed by atoms with Crippen LogP contribution in [0.3, 0.4) is 0 Å². The lowest BCUT2D eigenvalue weighted by Crippen LogP contribution is -2.38. The van der Waals surface area contributed by atoms with E-state index in [-0.39, 0.29) is 29.8 Å². The van der Waals surface area contributed by atoms with Crippen LogP contribution in [0.1, 0.15) is 19.3 Å². The van der Waals surface area contributed by atoms with Crippen molar-refractivity contribution in [1.82, 2.24) is 9.78 Å². The minimum absolute atomic E-state index is 0.134. The van der Waals surface area contributed by atoms with Gasteiger partial charge in [0.15, 0.2) is 0 Å². The van der Waals surface area contributed by atoms with Crippen LogP contribution in [-0.2, 0) is 6.54 Å². The second-order valence-corrected chi connectivity index (χ2v) is 6.40. The van der Waals surface area contributed by atoms with Crippen molar-refractivity contribution in [3.63, 3.8) is 0 Å². The highest BCUT2D eigenvalue weighted by Crippen LogP contribution is 2.38. The molecule has 3 unspecified atom stereocenters. The van der Waals surface area contributed by atoms with Gasteiger partial charge in [0.2, 0.25) is 0 Å². The molecule has 1 aliphatic heterocycles. The average Bonchev–Trinajstić information content (AvgIpc) is 2.89. The molecule has 2 aliphatic rings. The Kier molecular flexibility index (Phi) is 4.19. The van der Waals surface area contributed by atoms with E-state index < -0.39 is 0 Å². The zero-order chi connectivity index (χ0) is 15.0. The van der Waals surface area contributed by atoms with Gasteiger partial charge in [0.1, 0.15) is 5.02 Å². The van der Waals surface area contributed by atoms with E-state index >= 15 is 0 Å². The largest absolute Gasteiger partial charge is 0.394 e. The SMILES string of the molecule is NC1CCCC2CN(c3cnn(CCO)c(=O)c3Cl)CC12. The van der Waals surface area contributed by atoms with Crippen LogP contribution in [0.5, 0.6) is 0 Å². The predicted octanol–water partition coefficient (Wildman–Crippen LogP) is 0.453. The Hall–Kier alpha value is -1.11. The molecule has 0 bridgehead atoms. The van der Waals surface area contributed by atoms with Gasteiger partial charge in [-0.3, -0.25) is 4.79 Å². The fraction of sp³-hybridized carbons (Fsp3) is 0.714. The lowest BCUT2D eigenvalue weighted by molar-refractivity contribution is 0.260. The smallest absolute Gasteiger partial charge is 0.287 e. The Morgan fingerprint density at radius 2 is 2.24 bits per heavy atom. The highest BCUT2D eigenvalue weighted by Gasteiger charge is 2.39. The fourth-order valence-electron chi connectivity index (χ4n) is 3.64. The quantitative estimate of drug-likeness (QED) is 0.846. The molecule has 3 rings (SSSR count). The van der Waals surface area contributed by atoms with Crippen molar-refractivity contribution < 1.29 is 5.11 Å². The van der Waals surface area contributed by atoms with Crippen molar-refractivity contribution in [3.8, 4) is 0 Å². The Labute approximate surface area is 128 Å². The lowest BCUT2D eigenvalue weighted by atomic mass is 9.78. The molecule has 3 N–H and O–H groups in total. The minimum atomic E-state index is -0.345. The van der Waals surface area contributed by atoms with E-state index in [1.807, 2.05) is 0 Å². The summed E-state index contributed by atoms with van der Waals surface area (Å²) in [5.41, 5.74) is 6.57. The van der Waals surface area contributed by atoms with Gasteiger partial charge in [-0.1, -0.05) is 18.0 Å². The summed E-state index contributed by atoms with van der Waals surface area (Å²) < 4.78 is 1.20. The summed E-state index contributed by atoms with van der Waals surface area (Å²) in [5.74, 6) is 1.07. The first-order valence-electron chi connectivity index (χ1n) is 7.49. The number of anilines is 1. The summed E-state index contributed by atoms with van der Waals surface area (Å²) in [5, 5.41) is 13.2. The summed E-state index contributed by atoms with van der Waals surface area (Å²) in [6.07, 6.45) is 5.09. The molecule has 0 radical (unpaired) electrons. The molecule has 21 heavy (non-hydrogen) atoms. The second-order valence-electron chi connectivity index (χ2n) is 6.02. The molecule has 1 saturated carbocycles. The number of aromatic nitrogens is 2. The molecule has 0 amide bonds. The first kappa shape index (κ1) is 14.8. The van der Waals surface area contributed by atoms with Gasteiger partial charge in [0.25, 0.3) is 5.56 Å². The summed E-state index contributed by atoms with van der Waals surface area (Å²) in [4.78, 5) is 14.3. The van der Waals surface area contributed by atoms with E-state index in [1.165, 1.54) is 17.5 Å². The molecule has 0 aromatic carbocycles. The molecular formula is C14H21ClN4O2. The minimum Gasteiger partial charge on any atom is -0.394 e. The van der Waals surface area contributed by atoms with Gasteiger partial charge in [0.05, 0.1) is 25.0 Å². The Bertz CT molecular complexity index is 577. The molecule has 3 atom stereocenters. The number of aliphatic hydroxyl groups excluding tert-OH is 1. The van der Waals surface area contributed by atoms with Crippen LogP contribution in [-0.4, -0.2) is 40.6 Å².